The van der Waals surface area contributed by atoms with E-state index in [1.807, 2.05) is 12.1 Å². The number of aliphatic hydroxyl groups is 1. The van der Waals surface area contributed by atoms with Gasteiger partial charge in [0.25, 0.3) is 0 Å². The van der Waals surface area contributed by atoms with Crippen LogP contribution < -0.4 is 4.74 Å². The van der Waals surface area contributed by atoms with Crippen molar-refractivity contribution in [1.29, 1.82) is 0 Å². The standard InChI is InChI=1S/C14H15I3O4/c15-9-6-8(1-2-12(9)18)21-14-10(16)3-7(4-11(14)17)5-13(19)20/h3-4,8-9,12,18H,1-2,5-6H2,(H,19,20). The van der Waals surface area contributed by atoms with Gasteiger partial charge in [-0.1, -0.05) is 22.6 Å². The van der Waals surface area contributed by atoms with Crippen molar-refractivity contribution in [3.05, 3.63) is 24.8 Å². The Morgan fingerprint density at radius 1 is 1.29 bits per heavy atom. The minimum absolute atomic E-state index is 0.0255. The van der Waals surface area contributed by atoms with Gasteiger partial charge in [-0.05, 0) is 82.1 Å². The second kappa shape index (κ2) is 7.95. The van der Waals surface area contributed by atoms with E-state index in [1.165, 1.54) is 0 Å². The first-order valence-corrected chi connectivity index (χ1v) is 9.95. The zero-order valence-corrected chi connectivity index (χ0v) is 17.5. The molecule has 0 amide bonds. The maximum absolute atomic E-state index is 10.8. The quantitative estimate of drug-likeness (QED) is 0.396. The summed E-state index contributed by atoms with van der Waals surface area (Å²) >= 11 is 6.66. The number of rotatable bonds is 4. The molecule has 1 aromatic carbocycles. The predicted octanol–water partition coefficient (Wildman–Crippen LogP) is 3.62. The number of hydrogen-bond donors (Lipinski definition) is 2. The van der Waals surface area contributed by atoms with Gasteiger partial charge in [0.05, 0.1) is 19.7 Å². The lowest BCUT2D eigenvalue weighted by Crippen LogP contribution is -2.35. The number of aliphatic hydroxyl groups excluding tert-OH is 1. The molecule has 3 atom stereocenters. The maximum Gasteiger partial charge on any atom is 0.307 e. The number of carboxylic acid groups (broad SMARTS) is 1. The fraction of sp³-hybridized carbons (Fsp3) is 0.500. The van der Waals surface area contributed by atoms with E-state index in [2.05, 4.69) is 67.8 Å². The molecule has 0 aliphatic heterocycles. The molecule has 7 heteroatoms. The molecule has 0 heterocycles. The molecule has 0 bridgehead atoms. The number of alkyl halides is 1. The van der Waals surface area contributed by atoms with Gasteiger partial charge in [0, 0.05) is 3.92 Å². The van der Waals surface area contributed by atoms with Gasteiger partial charge in [-0.15, -0.1) is 0 Å². The van der Waals surface area contributed by atoms with E-state index in [0.717, 1.165) is 37.7 Å². The highest BCUT2D eigenvalue weighted by Crippen LogP contribution is 2.34. The molecule has 2 N–H and O–H groups in total. The first-order valence-electron chi connectivity index (χ1n) is 6.55. The van der Waals surface area contributed by atoms with Gasteiger partial charge in [-0.25, -0.2) is 0 Å². The third-order valence-electron chi connectivity index (χ3n) is 3.39. The fourth-order valence-electron chi connectivity index (χ4n) is 2.34. The number of benzene rings is 1. The van der Waals surface area contributed by atoms with Crippen molar-refractivity contribution in [3.63, 3.8) is 0 Å². The van der Waals surface area contributed by atoms with E-state index < -0.39 is 5.97 Å². The number of carboxylic acids is 1. The highest BCUT2D eigenvalue weighted by atomic mass is 127. The number of carbonyl (C=O) groups is 1. The Bertz CT molecular complexity index is 512. The Labute approximate surface area is 164 Å². The monoisotopic (exact) mass is 628 g/mol. The van der Waals surface area contributed by atoms with E-state index in [4.69, 9.17) is 9.84 Å². The molecule has 116 valence electrons. The number of halogens is 3. The van der Waals surface area contributed by atoms with Crippen LogP contribution in [-0.4, -0.2) is 32.3 Å². The largest absolute Gasteiger partial charge is 0.488 e. The molecule has 1 saturated carbocycles. The first kappa shape index (κ1) is 18.0. The highest BCUT2D eigenvalue weighted by Gasteiger charge is 2.29. The average molecular weight is 628 g/mol. The summed E-state index contributed by atoms with van der Waals surface area (Å²) in [6.45, 7) is 0. The predicted molar refractivity (Wildman–Crippen MR) is 105 cm³/mol. The Morgan fingerprint density at radius 3 is 2.43 bits per heavy atom. The lowest BCUT2D eigenvalue weighted by molar-refractivity contribution is -0.136. The summed E-state index contributed by atoms with van der Waals surface area (Å²) in [4.78, 5) is 10.8. The molecule has 2 rings (SSSR count). The second-order valence-electron chi connectivity index (χ2n) is 5.10. The van der Waals surface area contributed by atoms with Crippen molar-refractivity contribution in [2.75, 3.05) is 0 Å². The molecule has 4 nitrogen and oxygen atoms in total. The molecule has 0 aromatic heterocycles. The normalized spacial score (nSPS) is 25.6. The van der Waals surface area contributed by atoms with Crippen molar-refractivity contribution < 1.29 is 19.7 Å². The summed E-state index contributed by atoms with van der Waals surface area (Å²) in [5.74, 6) is -0.000353. The summed E-state index contributed by atoms with van der Waals surface area (Å²) in [7, 11) is 0. The molecule has 21 heavy (non-hydrogen) atoms. The van der Waals surface area contributed by atoms with Crippen molar-refractivity contribution in [2.45, 2.75) is 41.8 Å². The summed E-state index contributed by atoms with van der Waals surface area (Å²) in [6.07, 6.45) is 2.36. The van der Waals surface area contributed by atoms with Crippen molar-refractivity contribution in [1.82, 2.24) is 0 Å². The molecule has 1 aliphatic carbocycles. The Morgan fingerprint density at radius 2 is 1.90 bits per heavy atom. The van der Waals surface area contributed by atoms with Gasteiger partial charge in [-0.3, -0.25) is 4.79 Å². The SMILES string of the molecule is O=C(O)Cc1cc(I)c(OC2CCC(O)C(I)C2)c(I)c1. The van der Waals surface area contributed by atoms with Crippen molar-refractivity contribution >= 4 is 73.7 Å². The van der Waals surface area contributed by atoms with Gasteiger partial charge < -0.3 is 14.9 Å². The zero-order chi connectivity index (χ0) is 15.6. The van der Waals surface area contributed by atoms with E-state index in [9.17, 15) is 9.90 Å². The molecule has 0 radical (unpaired) electrons. The van der Waals surface area contributed by atoms with Crippen LogP contribution in [0, 0.1) is 7.14 Å². The van der Waals surface area contributed by atoms with E-state index in [0.29, 0.717) is 0 Å². The lowest BCUT2D eigenvalue weighted by Gasteiger charge is -2.31. The van der Waals surface area contributed by atoms with Gasteiger partial charge in [0.15, 0.2) is 0 Å². The highest BCUT2D eigenvalue weighted by molar-refractivity contribution is 14.1. The van der Waals surface area contributed by atoms with Crippen LogP contribution in [0.3, 0.4) is 0 Å². The number of aliphatic carboxylic acids is 1. The summed E-state index contributed by atoms with van der Waals surface area (Å²) < 4.78 is 8.22. The van der Waals surface area contributed by atoms with Crippen LogP contribution in [0.25, 0.3) is 0 Å². The van der Waals surface area contributed by atoms with E-state index in [1.54, 1.807) is 0 Å². The fourth-order valence-corrected chi connectivity index (χ4v) is 5.42. The molecule has 1 fully saturated rings. The molecule has 3 unspecified atom stereocenters. The molecule has 1 aliphatic rings. The average Bonchev–Trinajstić information content (AvgIpc) is 2.37. The Kier molecular flexibility index (Phi) is 6.81. The number of ether oxygens (including phenoxy) is 1. The maximum atomic E-state index is 10.8. The molecule has 1 aromatic rings. The Balaban J connectivity index is 2.11. The van der Waals surface area contributed by atoms with Crippen LogP contribution >= 0.6 is 67.8 Å². The Hall–Kier alpha value is 0.640. The topological polar surface area (TPSA) is 66.8 Å². The second-order valence-corrected chi connectivity index (χ2v) is 9.02. The minimum Gasteiger partial charge on any atom is -0.488 e. The molecule has 0 spiro atoms. The zero-order valence-electron chi connectivity index (χ0n) is 11.1. The first-order chi connectivity index (χ1) is 9.86. The van der Waals surface area contributed by atoms with Crippen LogP contribution in [-0.2, 0) is 11.2 Å². The summed E-state index contributed by atoms with van der Waals surface area (Å²) in [5.41, 5.74) is 0.787. The van der Waals surface area contributed by atoms with Gasteiger partial charge in [0.1, 0.15) is 11.9 Å². The van der Waals surface area contributed by atoms with Crippen LogP contribution in [0.15, 0.2) is 12.1 Å². The third kappa shape index (κ3) is 5.06. The van der Waals surface area contributed by atoms with Crippen LogP contribution in [0.4, 0.5) is 0 Å². The molecular formula is C14H15I3O4. The van der Waals surface area contributed by atoms with Crippen molar-refractivity contribution in [2.24, 2.45) is 0 Å². The summed E-state index contributed by atoms with van der Waals surface area (Å²) in [5, 5.41) is 18.6. The lowest BCUT2D eigenvalue weighted by atomic mass is 9.95. The van der Waals surface area contributed by atoms with Crippen LogP contribution in [0.2, 0.25) is 0 Å². The number of hydrogen-bond acceptors (Lipinski definition) is 3. The van der Waals surface area contributed by atoms with Gasteiger partial charge in [-0.2, -0.15) is 0 Å². The molecule has 0 saturated heterocycles. The minimum atomic E-state index is -0.829. The van der Waals surface area contributed by atoms with E-state index >= 15 is 0 Å². The van der Waals surface area contributed by atoms with Crippen LogP contribution in [0.1, 0.15) is 24.8 Å². The van der Waals surface area contributed by atoms with Gasteiger partial charge in [0.2, 0.25) is 0 Å². The third-order valence-corrected chi connectivity index (χ3v) is 6.33. The smallest absolute Gasteiger partial charge is 0.307 e. The van der Waals surface area contributed by atoms with Crippen LogP contribution in [0.5, 0.6) is 5.75 Å². The summed E-state index contributed by atoms with van der Waals surface area (Å²) in [6, 6.07) is 3.73. The van der Waals surface area contributed by atoms with E-state index in [-0.39, 0.29) is 22.6 Å². The molecular weight excluding hydrogens is 613 g/mol. The van der Waals surface area contributed by atoms with Crippen molar-refractivity contribution in [3.8, 4) is 5.75 Å². The van der Waals surface area contributed by atoms with Gasteiger partial charge >= 0.3 is 5.97 Å².